The summed E-state index contributed by atoms with van der Waals surface area (Å²) in [6.07, 6.45) is 4.65. The van der Waals surface area contributed by atoms with Gasteiger partial charge in [-0.25, -0.2) is 13.6 Å². The second-order valence-corrected chi connectivity index (χ2v) is 7.89. The average Bonchev–Trinajstić information content (AvgIpc) is 3.28. The molecule has 4 rings (SSSR count). The van der Waals surface area contributed by atoms with Crippen LogP contribution in [0.15, 0.2) is 22.7 Å². The summed E-state index contributed by atoms with van der Waals surface area (Å²) in [6.45, 7) is 2.70. The lowest BCUT2D eigenvalue weighted by Gasteiger charge is -2.22. The van der Waals surface area contributed by atoms with E-state index in [4.69, 9.17) is 14.2 Å². The molecule has 3 aliphatic rings. The first-order valence-electron chi connectivity index (χ1n) is 10.3. The highest BCUT2D eigenvalue weighted by molar-refractivity contribution is 6.15. The van der Waals surface area contributed by atoms with Crippen LogP contribution in [0.2, 0.25) is 0 Å². The van der Waals surface area contributed by atoms with Crippen molar-refractivity contribution in [3.63, 3.8) is 0 Å². The van der Waals surface area contributed by atoms with Crippen molar-refractivity contribution in [2.75, 3.05) is 19.8 Å². The maximum Gasteiger partial charge on any atom is 0.343 e. The topological polar surface area (TPSA) is 77.4 Å². The van der Waals surface area contributed by atoms with Crippen molar-refractivity contribution in [3.8, 4) is 0 Å². The molecule has 3 fully saturated rings. The molecule has 1 aliphatic heterocycles. The third-order valence-electron chi connectivity index (χ3n) is 5.74. The maximum atomic E-state index is 14.9. The molecular weight excluding hydrogens is 396 g/mol. The molecule has 1 heterocycles. The fraction of sp³-hybridized carbons (Fsp3) is 0.545. The number of esters is 1. The van der Waals surface area contributed by atoms with E-state index in [1.807, 2.05) is 0 Å². The van der Waals surface area contributed by atoms with Crippen LogP contribution in [0.25, 0.3) is 5.76 Å². The number of aliphatic hydroxyl groups is 1. The smallest absolute Gasteiger partial charge is 0.343 e. The van der Waals surface area contributed by atoms with Crippen molar-refractivity contribution >= 4 is 17.9 Å². The number of benzene rings is 1. The van der Waals surface area contributed by atoms with Gasteiger partial charge in [-0.2, -0.15) is 0 Å². The number of carbonyl (C=O) groups excluding carboxylic acids is 1. The van der Waals surface area contributed by atoms with Crippen molar-refractivity contribution in [2.45, 2.75) is 56.8 Å². The molecule has 1 atom stereocenters. The Hall–Kier alpha value is -2.32. The molecule has 1 saturated heterocycles. The molecule has 2 aliphatic carbocycles. The summed E-state index contributed by atoms with van der Waals surface area (Å²) < 4.78 is 46.1. The Morgan fingerprint density at radius 1 is 1.27 bits per heavy atom. The zero-order valence-corrected chi connectivity index (χ0v) is 16.8. The summed E-state index contributed by atoms with van der Waals surface area (Å²) in [6, 6.07) is 2.09. The Kier molecular flexibility index (Phi) is 5.88. The molecule has 1 unspecified atom stereocenters. The fourth-order valence-electron chi connectivity index (χ4n) is 4.02. The molecule has 6 nitrogen and oxygen atoms in total. The quantitative estimate of drug-likeness (QED) is 0.325. The van der Waals surface area contributed by atoms with Gasteiger partial charge in [0.1, 0.15) is 23.0 Å². The summed E-state index contributed by atoms with van der Waals surface area (Å²) in [5.74, 6) is -3.95. The van der Waals surface area contributed by atoms with E-state index >= 15 is 0 Å². The summed E-state index contributed by atoms with van der Waals surface area (Å²) in [4.78, 5) is 16.4. The third-order valence-corrected chi connectivity index (χ3v) is 5.74. The second kappa shape index (κ2) is 8.43. The molecular formula is C22H25F2NO5. The van der Waals surface area contributed by atoms with Gasteiger partial charge in [0, 0.05) is 19.1 Å². The molecule has 1 aromatic carbocycles. The van der Waals surface area contributed by atoms with Gasteiger partial charge in [0.15, 0.2) is 5.79 Å². The second-order valence-electron chi connectivity index (χ2n) is 7.89. The van der Waals surface area contributed by atoms with Crippen LogP contribution < -0.4 is 0 Å². The lowest BCUT2D eigenvalue weighted by atomic mass is 9.94. The van der Waals surface area contributed by atoms with Crippen molar-refractivity contribution < 1.29 is 32.9 Å². The average molecular weight is 421 g/mol. The van der Waals surface area contributed by atoms with Crippen LogP contribution in [0.3, 0.4) is 0 Å². The standard InChI is InChI=1S/C22H25F2NO5/c1-2-28-21(27)17(12-25-14-3-4-14)20(26)16-10-18(23)15(9-19(16)24)13-5-6-22(11-13)29-7-8-30-22/h9-10,12-14,26H,2-8,11H2,1H3. The Bertz CT molecular complexity index is 888. The number of aliphatic imine (C=N–C) groups is 1. The molecule has 1 N–H and O–H groups in total. The van der Waals surface area contributed by atoms with Crippen LogP contribution in [0.1, 0.15) is 56.1 Å². The lowest BCUT2D eigenvalue weighted by Crippen LogP contribution is -2.25. The van der Waals surface area contributed by atoms with E-state index in [0.717, 1.165) is 25.0 Å². The van der Waals surface area contributed by atoms with E-state index in [1.165, 1.54) is 6.21 Å². The normalized spacial score (nSPS) is 23.9. The Labute approximate surface area is 173 Å². The van der Waals surface area contributed by atoms with Gasteiger partial charge < -0.3 is 19.3 Å². The molecule has 0 radical (unpaired) electrons. The van der Waals surface area contributed by atoms with E-state index in [2.05, 4.69) is 4.99 Å². The van der Waals surface area contributed by atoms with Gasteiger partial charge in [-0.15, -0.1) is 0 Å². The maximum absolute atomic E-state index is 14.9. The number of hydrogen-bond donors (Lipinski definition) is 1. The van der Waals surface area contributed by atoms with Gasteiger partial charge in [-0.05, 0) is 49.8 Å². The Morgan fingerprint density at radius 3 is 2.67 bits per heavy atom. The van der Waals surface area contributed by atoms with Crippen LogP contribution >= 0.6 is 0 Å². The van der Waals surface area contributed by atoms with Gasteiger partial charge in [0.2, 0.25) is 0 Å². The first-order chi connectivity index (χ1) is 14.4. The molecule has 1 spiro atoms. The van der Waals surface area contributed by atoms with Crippen LogP contribution in [-0.4, -0.2) is 48.9 Å². The highest BCUT2D eigenvalue weighted by Gasteiger charge is 2.45. The first kappa shape index (κ1) is 20.9. The van der Waals surface area contributed by atoms with Crippen LogP contribution in [0.4, 0.5) is 8.78 Å². The SMILES string of the molecule is CCOC(=O)C(C=NC1CC1)=C(O)c1cc(F)c(C2CCC3(C2)OCCO3)cc1F. The molecule has 30 heavy (non-hydrogen) atoms. The van der Waals surface area contributed by atoms with Crippen LogP contribution in [0, 0.1) is 11.6 Å². The summed E-state index contributed by atoms with van der Waals surface area (Å²) in [5, 5.41) is 10.6. The summed E-state index contributed by atoms with van der Waals surface area (Å²) in [7, 11) is 0. The highest BCUT2D eigenvalue weighted by atomic mass is 19.1. The molecule has 0 aromatic heterocycles. The summed E-state index contributed by atoms with van der Waals surface area (Å²) in [5.41, 5.74) is -0.477. The molecule has 1 aromatic rings. The number of nitrogens with zero attached hydrogens (tertiary/aromatic N) is 1. The highest BCUT2D eigenvalue weighted by Crippen LogP contribution is 2.46. The predicted molar refractivity (Wildman–Crippen MR) is 105 cm³/mol. The van der Waals surface area contributed by atoms with E-state index in [-0.39, 0.29) is 29.7 Å². The summed E-state index contributed by atoms with van der Waals surface area (Å²) >= 11 is 0. The van der Waals surface area contributed by atoms with Gasteiger partial charge in [-0.3, -0.25) is 4.99 Å². The number of ether oxygens (including phenoxy) is 3. The number of carbonyl (C=O) groups is 1. The minimum atomic E-state index is -0.837. The van der Waals surface area contributed by atoms with Gasteiger partial charge >= 0.3 is 5.97 Å². The fourth-order valence-corrected chi connectivity index (χ4v) is 4.02. The number of rotatable bonds is 6. The van der Waals surface area contributed by atoms with Crippen LogP contribution in [0.5, 0.6) is 0 Å². The Balaban J connectivity index is 1.64. The molecule has 2 saturated carbocycles. The van der Waals surface area contributed by atoms with Crippen LogP contribution in [-0.2, 0) is 19.0 Å². The molecule has 8 heteroatoms. The largest absolute Gasteiger partial charge is 0.506 e. The molecule has 0 amide bonds. The first-order valence-corrected chi connectivity index (χ1v) is 10.3. The van der Waals surface area contributed by atoms with Gasteiger partial charge in [-0.1, -0.05) is 0 Å². The number of aliphatic hydroxyl groups excluding tert-OH is 1. The van der Waals surface area contributed by atoms with E-state index in [1.54, 1.807) is 6.92 Å². The number of halogens is 2. The van der Waals surface area contributed by atoms with Crippen molar-refractivity contribution in [3.05, 3.63) is 40.5 Å². The third kappa shape index (κ3) is 4.25. The zero-order valence-electron chi connectivity index (χ0n) is 16.8. The number of hydrogen-bond acceptors (Lipinski definition) is 6. The van der Waals surface area contributed by atoms with E-state index in [9.17, 15) is 18.7 Å². The van der Waals surface area contributed by atoms with Gasteiger partial charge in [0.25, 0.3) is 0 Å². The minimum absolute atomic E-state index is 0.0796. The van der Waals surface area contributed by atoms with E-state index < -0.39 is 34.7 Å². The van der Waals surface area contributed by atoms with E-state index in [0.29, 0.717) is 32.5 Å². The Morgan fingerprint density at radius 2 is 2.00 bits per heavy atom. The molecule has 0 bridgehead atoms. The van der Waals surface area contributed by atoms with Crippen molar-refractivity contribution in [2.24, 2.45) is 4.99 Å². The van der Waals surface area contributed by atoms with Crippen molar-refractivity contribution in [1.29, 1.82) is 0 Å². The monoisotopic (exact) mass is 421 g/mol. The predicted octanol–water partition coefficient (Wildman–Crippen LogP) is 4.04. The lowest BCUT2D eigenvalue weighted by molar-refractivity contribution is -0.151. The minimum Gasteiger partial charge on any atom is -0.506 e. The molecule has 162 valence electrons. The zero-order chi connectivity index (χ0) is 21.3. The van der Waals surface area contributed by atoms with Crippen molar-refractivity contribution in [1.82, 2.24) is 0 Å². The van der Waals surface area contributed by atoms with Gasteiger partial charge in [0.05, 0.1) is 31.4 Å².